The van der Waals surface area contributed by atoms with E-state index in [2.05, 4.69) is 13.8 Å². The topological polar surface area (TPSA) is 43.4 Å². The molecule has 0 saturated carbocycles. The molecule has 0 bridgehead atoms. The molecule has 0 aromatic heterocycles. The van der Waals surface area contributed by atoms with Crippen LogP contribution in [0.3, 0.4) is 0 Å². The van der Waals surface area contributed by atoms with E-state index in [1.54, 1.807) is 0 Å². The van der Waals surface area contributed by atoms with E-state index in [-0.39, 0.29) is 35.3 Å². The Morgan fingerprint density at radius 3 is 1.62 bits per heavy atom. The first-order chi connectivity index (χ1) is 9.62. The first kappa shape index (κ1) is 24.2. The van der Waals surface area contributed by atoms with Crippen LogP contribution in [0.1, 0.15) is 90.9 Å². The Morgan fingerprint density at radius 1 is 0.667 bits per heavy atom. The van der Waals surface area contributed by atoms with Gasteiger partial charge in [0.1, 0.15) is 0 Å². The molecule has 0 saturated heterocycles. The minimum Gasteiger partial charge on any atom is -0.270 e. The largest absolute Gasteiger partial charge is 1.00 e. The van der Waals surface area contributed by atoms with E-state index in [1.165, 1.54) is 44.9 Å². The molecule has 0 rings (SSSR count). The Morgan fingerprint density at radius 2 is 1.10 bits per heavy atom. The van der Waals surface area contributed by atoms with Gasteiger partial charge in [-0.05, 0) is 12.8 Å². The van der Waals surface area contributed by atoms with E-state index in [4.69, 9.17) is 4.18 Å². The summed E-state index contributed by atoms with van der Waals surface area (Å²) < 4.78 is 28.3. The first-order valence-corrected chi connectivity index (χ1v) is 10.1. The zero-order valence-corrected chi connectivity index (χ0v) is 17.3. The standard InChI is InChI=1S/C16H34O3S.Na/c1-3-5-7-9-11-13-15-19-20(17,18)16-14-12-10-8-6-4-2;/h3-16H2,1-2H3;/q;+1. The summed E-state index contributed by atoms with van der Waals surface area (Å²) in [5.41, 5.74) is 0. The first-order valence-electron chi connectivity index (χ1n) is 8.49. The molecule has 0 aromatic rings. The fraction of sp³-hybridized carbons (Fsp3) is 1.00. The summed E-state index contributed by atoms with van der Waals surface area (Å²) in [5.74, 6) is 0.189. The van der Waals surface area contributed by atoms with E-state index in [0.717, 1.165) is 32.1 Å². The number of rotatable bonds is 15. The summed E-state index contributed by atoms with van der Waals surface area (Å²) in [6, 6.07) is 0. The van der Waals surface area contributed by atoms with Gasteiger partial charge in [0.05, 0.1) is 12.4 Å². The summed E-state index contributed by atoms with van der Waals surface area (Å²) in [4.78, 5) is 0. The molecule has 122 valence electrons. The van der Waals surface area contributed by atoms with Gasteiger partial charge in [-0.1, -0.05) is 78.1 Å². The van der Waals surface area contributed by atoms with Crippen LogP contribution >= 0.6 is 0 Å². The van der Waals surface area contributed by atoms with Crippen molar-refractivity contribution in [2.24, 2.45) is 0 Å². The second-order valence-electron chi connectivity index (χ2n) is 5.62. The van der Waals surface area contributed by atoms with Gasteiger partial charge in [-0.25, -0.2) is 0 Å². The molecule has 0 aliphatic rings. The third kappa shape index (κ3) is 18.9. The number of hydrogen-bond donors (Lipinski definition) is 0. The average Bonchev–Trinajstić information content (AvgIpc) is 2.41. The summed E-state index contributed by atoms with van der Waals surface area (Å²) in [6.07, 6.45) is 13.5. The molecule has 0 aromatic carbocycles. The predicted molar refractivity (Wildman–Crippen MR) is 86.5 cm³/mol. The molecule has 21 heavy (non-hydrogen) atoms. The van der Waals surface area contributed by atoms with Gasteiger partial charge < -0.3 is 0 Å². The maximum Gasteiger partial charge on any atom is 1.00 e. The fourth-order valence-corrected chi connectivity index (χ4v) is 3.23. The van der Waals surface area contributed by atoms with Crippen LogP contribution in [0.25, 0.3) is 0 Å². The molecular formula is C16H34NaO3S+. The van der Waals surface area contributed by atoms with Crippen molar-refractivity contribution in [3.63, 3.8) is 0 Å². The Balaban J connectivity index is 0. The SMILES string of the molecule is CCCCCCCCOS(=O)(=O)CCCCCCCC.[Na+]. The van der Waals surface area contributed by atoms with Gasteiger partial charge in [0.2, 0.25) is 0 Å². The fourth-order valence-electron chi connectivity index (χ4n) is 2.19. The van der Waals surface area contributed by atoms with Crippen molar-refractivity contribution in [1.29, 1.82) is 0 Å². The quantitative estimate of drug-likeness (QED) is 0.262. The number of unbranched alkanes of at least 4 members (excludes halogenated alkanes) is 10. The van der Waals surface area contributed by atoms with Gasteiger partial charge in [0.25, 0.3) is 10.1 Å². The average molecular weight is 330 g/mol. The smallest absolute Gasteiger partial charge is 0.270 e. The maximum atomic E-state index is 11.6. The predicted octanol–water partition coefficient (Wildman–Crippen LogP) is 2.06. The van der Waals surface area contributed by atoms with Gasteiger partial charge in [-0.15, -0.1) is 0 Å². The molecule has 0 amide bonds. The van der Waals surface area contributed by atoms with Crippen molar-refractivity contribution in [1.82, 2.24) is 0 Å². The van der Waals surface area contributed by atoms with Crippen LogP contribution in [0.2, 0.25) is 0 Å². The Kier molecular flexibility index (Phi) is 19.9. The van der Waals surface area contributed by atoms with Crippen LogP contribution in [0.5, 0.6) is 0 Å². The Hall–Kier alpha value is 0.910. The van der Waals surface area contributed by atoms with Crippen molar-refractivity contribution in [2.45, 2.75) is 90.9 Å². The number of hydrogen-bond acceptors (Lipinski definition) is 3. The van der Waals surface area contributed by atoms with Crippen molar-refractivity contribution >= 4 is 10.1 Å². The molecular weight excluding hydrogens is 295 g/mol. The van der Waals surface area contributed by atoms with Crippen LogP contribution in [0.15, 0.2) is 0 Å². The molecule has 0 fully saturated rings. The van der Waals surface area contributed by atoms with E-state index in [0.29, 0.717) is 6.61 Å². The Bertz CT molecular complexity index is 292. The third-order valence-electron chi connectivity index (χ3n) is 3.51. The molecule has 0 spiro atoms. The van der Waals surface area contributed by atoms with Crippen LogP contribution < -0.4 is 29.6 Å². The van der Waals surface area contributed by atoms with Crippen molar-refractivity contribution in [2.75, 3.05) is 12.4 Å². The molecule has 3 nitrogen and oxygen atoms in total. The summed E-state index contributed by atoms with van der Waals surface area (Å²) in [6.45, 7) is 4.74. The molecule has 0 aliphatic heterocycles. The van der Waals surface area contributed by atoms with Crippen LogP contribution in [0.4, 0.5) is 0 Å². The molecule has 0 atom stereocenters. The Labute approximate surface area is 155 Å². The second-order valence-corrected chi connectivity index (χ2v) is 7.38. The van der Waals surface area contributed by atoms with Gasteiger partial charge in [0.15, 0.2) is 0 Å². The molecule has 0 radical (unpaired) electrons. The van der Waals surface area contributed by atoms with E-state index in [9.17, 15) is 8.42 Å². The van der Waals surface area contributed by atoms with Crippen molar-refractivity contribution in [3.05, 3.63) is 0 Å². The second kappa shape index (κ2) is 17.3. The molecule has 0 heterocycles. The van der Waals surface area contributed by atoms with Gasteiger partial charge in [-0.3, -0.25) is 4.18 Å². The molecule has 0 aliphatic carbocycles. The monoisotopic (exact) mass is 329 g/mol. The zero-order chi connectivity index (χ0) is 15.1. The summed E-state index contributed by atoms with van der Waals surface area (Å²) in [7, 11) is -3.27. The maximum absolute atomic E-state index is 11.6. The van der Waals surface area contributed by atoms with E-state index in [1.807, 2.05) is 0 Å². The van der Waals surface area contributed by atoms with Gasteiger partial charge >= 0.3 is 29.6 Å². The molecule has 5 heteroatoms. The summed E-state index contributed by atoms with van der Waals surface area (Å²) in [5, 5.41) is 0. The van der Waals surface area contributed by atoms with Crippen LogP contribution in [-0.2, 0) is 14.3 Å². The molecule has 0 unspecified atom stereocenters. The zero-order valence-electron chi connectivity index (χ0n) is 14.5. The van der Waals surface area contributed by atoms with E-state index < -0.39 is 10.1 Å². The van der Waals surface area contributed by atoms with Crippen LogP contribution in [0, 0.1) is 0 Å². The summed E-state index contributed by atoms with van der Waals surface area (Å²) >= 11 is 0. The minimum absolute atomic E-state index is 0. The minimum atomic E-state index is -3.27. The van der Waals surface area contributed by atoms with Crippen molar-refractivity contribution < 1.29 is 42.2 Å². The van der Waals surface area contributed by atoms with Gasteiger partial charge in [-0.2, -0.15) is 8.42 Å². The van der Waals surface area contributed by atoms with E-state index >= 15 is 0 Å². The third-order valence-corrected chi connectivity index (χ3v) is 4.82. The molecule has 0 N–H and O–H groups in total. The normalized spacial score (nSPS) is 11.3. The van der Waals surface area contributed by atoms with Crippen molar-refractivity contribution in [3.8, 4) is 0 Å². The van der Waals surface area contributed by atoms with Gasteiger partial charge in [0, 0.05) is 0 Å². The van der Waals surface area contributed by atoms with Crippen LogP contribution in [-0.4, -0.2) is 20.8 Å².